The number of hydrogen-bond acceptors (Lipinski definition) is 6. The molecule has 0 spiro atoms. The SMILES string of the molecule is CCCC(=O)Oc1c(OCC)c(OCC)c(OC(=O)C(C)(C)CC)c2cc(Cl)ccc12. The van der Waals surface area contributed by atoms with E-state index in [1.807, 2.05) is 41.5 Å². The molecule has 31 heavy (non-hydrogen) atoms. The van der Waals surface area contributed by atoms with E-state index in [1.165, 1.54) is 0 Å². The summed E-state index contributed by atoms with van der Waals surface area (Å²) in [5.41, 5.74) is -0.702. The maximum Gasteiger partial charge on any atom is 0.317 e. The van der Waals surface area contributed by atoms with Crippen LogP contribution in [0.5, 0.6) is 23.0 Å². The van der Waals surface area contributed by atoms with Crippen molar-refractivity contribution >= 4 is 34.3 Å². The summed E-state index contributed by atoms with van der Waals surface area (Å²) in [5.74, 6) is 0.0587. The third-order valence-electron chi connectivity index (χ3n) is 4.97. The smallest absolute Gasteiger partial charge is 0.317 e. The van der Waals surface area contributed by atoms with E-state index in [4.69, 9.17) is 30.5 Å². The molecule has 0 radical (unpaired) electrons. The first-order chi connectivity index (χ1) is 14.7. The Kier molecular flexibility index (Phi) is 8.57. The number of benzene rings is 2. The molecule has 6 nitrogen and oxygen atoms in total. The summed E-state index contributed by atoms with van der Waals surface area (Å²) in [6.45, 7) is 11.6. The fraction of sp³-hybridized carbons (Fsp3) is 0.500. The third kappa shape index (κ3) is 5.62. The highest BCUT2D eigenvalue weighted by atomic mass is 35.5. The van der Waals surface area contributed by atoms with E-state index < -0.39 is 11.4 Å². The van der Waals surface area contributed by atoms with E-state index in [9.17, 15) is 9.59 Å². The van der Waals surface area contributed by atoms with Crippen LogP contribution in [0.15, 0.2) is 18.2 Å². The molecule has 170 valence electrons. The molecule has 0 saturated carbocycles. The lowest BCUT2D eigenvalue weighted by Crippen LogP contribution is -2.28. The Hall–Kier alpha value is -2.47. The van der Waals surface area contributed by atoms with E-state index in [1.54, 1.807) is 18.2 Å². The fourth-order valence-electron chi connectivity index (χ4n) is 2.85. The van der Waals surface area contributed by atoms with Crippen LogP contribution in [0, 0.1) is 5.41 Å². The van der Waals surface area contributed by atoms with Crippen LogP contribution in [0.4, 0.5) is 0 Å². The molecule has 0 amide bonds. The van der Waals surface area contributed by atoms with Gasteiger partial charge in [-0.3, -0.25) is 9.59 Å². The van der Waals surface area contributed by atoms with E-state index in [-0.39, 0.29) is 42.0 Å². The number of halogens is 1. The van der Waals surface area contributed by atoms with Gasteiger partial charge >= 0.3 is 11.9 Å². The highest BCUT2D eigenvalue weighted by Crippen LogP contribution is 2.52. The standard InChI is InChI=1S/C24H31ClO6/c1-7-11-18(26)30-19-16-13-12-15(25)14-17(16)20(31-23(27)24(5,6)8-2)22(29-10-4)21(19)28-9-3/h12-14H,7-11H2,1-6H3. The molecule has 7 heteroatoms. The first-order valence-corrected chi connectivity index (χ1v) is 11.1. The number of fused-ring (bicyclic) bond motifs is 1. The van der Waals surface area contributed by atoms with Crippen LogP contribution in [0.2, 0.25) is 5.02 Å². The van der Waals surface area contributed by atoms with E-state index >= 15 is 0 Å². The number of carbonyl (C=O) groups is 2. The quantitative estimate of drug-likeness (QED) is 0.310. The molecule has 0 aliphatic carbocycles. The summed E-state index contributed by atoms with van der Waals surface area (Å²) in [6, 6.07) is 5.05. The lowest BCUT2D eigenvalue weighted by atomic mass is 9.90. The molecule has 0 aliphatic rings. The van der Waals surface area contributed by atoms with Gasteiger partial charge in [0.2, 0.25) is 11.5 Å². The molecule has 0 fully saturated rings. The van der Waals surface area contributed by atoms with Gasteiger partial charge in [0.1, 0.15) is 0 Å². The highest BCUT2D eigenvalue weighted by molar-refractivity contribution is 6.31. The highest BCUT2D eigenvalue weighted by Gasteiger charge is 2.32. The predicted molar refractivity (Wildman–Crippen MR) is 122 cm³/mol. The minimum absolute atomic E-state index is 0.199. The van der Waals surface area contributed by atoms with E-state index in [0.717, 1.165) is 0 Å². The number of ether oxygens (including phenoxy) is 4. The maximum atomic E-state index is 12.9. The van der Waals surface area contributed by atoms with Crippen LogP contribution < -0.4 is 18.9 Å². The van der Waals surface area contributed by atoms with Crippen LogP contribution >= 0.6 is 11.6 Å². The first-order valence-electron chi connectivity index (χ1n) is 10.7. The van der Waals surface area contributed by atoms with E-state index in [0.29, 0.717) is 35.2 Å². The van der Waals surface area contributed by atoms with Crippen molar-refractivity contribution in [2.45, 2.75) is 60.8 Å². The second-order valence-electron chi connectivity index (χ2n) is 7.72. The monoisotopic (exact) mass is 450 g/mol. The molecular formula is C24H31ClO6. The summed E-state index contributed by atoms with van der Waals surface area (Å²) >= 11 is 6.26. The van der Waals surface area contributed by atoms with Gasteiger partial charge in [-0.25, -0.2) is 0 Å². The van der Waals surface area contributed by atoms with Gasteiger partial charge in [0.15, 0.2) is 11.5 Å². The van der Waals surface area contributed by atoms with Gasteiger partial charge in [0.05, 0.1) is 18.6 Å². The Bertz CT molecular complexity index is 951. The first kappa shape index (κ1) is 24.8. The van der Waals surface area contributed by atoms with Crippen molar-refractivity contribution in [3.8, 4) is 23.0 Å². The average Bonchev–Trinajstić information content (AvgIpc) is 2.72. The molecule has 2 aromatic rings. The van der Waals surface area contributed by atoms with Gasteiger partial charge in [-0.1, -0.05) is 25.4 Å². The molecule has 0 aliphatic heterocycles. The molecule has 0 aromatic heterocycles. The lowest BCUT2D eigenvalue weighted by Gasteiger charge is -2.24. The Labute approximate surface area is 188 Å². The Morgan fingerprint density at radius 2 is 1.45 bits per heavy atom. The van der Waals surface area contributed by atoms with Gasteiger partial charge in [-0.15, -0.1) is 0 Å². The lowest BCUT2D eigenvalue weighted by molar-refractivity contribution is -0.144. The fourth-order valence-corrected chi connectivity index (χ4v) is 3.02. The zero-order valence-electron chi connectivity index (χ0n) is 19.1. The van der Waals surface area contributed by atoms with Crippen molar-refractivity contribution in [3.05, 3.63) is 23.2 Å². The molecule has 0 unspecified atom stereocenters. The zero-order chi connectivity index (χ0) is 23.2. The average molecular weight is 451 g/mol. The summed E-state index contributed by atoms with van der Waals surface area (Å²) in [5, 5.41) is 1.48. The second kappa shape index (κ2) is 10.7. The van der Waals surface area contributed by atoms with Gasteiger partial charge in [-0.05, 0) is 58.7 Å². The summed E-state index contributed by atoms with van der Waals surface area (Å²) in [4.78, 5) is 25.3. The molecular weight excluding hydrogens is 420 g/mol. The van der Waals surface area contributed by atoms with Crippen molar-refractivity contribution in [1.82, 2.24) is 0 Å². The van der Waals surface area contributed by atoms with E-state index in [2.05, 4.69) is 0 Å². The normalized spacial score (nSPS) is 11.3. The van der Waals surface area contributed by atoms with Crippen molar-refractivity contribution in [2.75, 3.05) is 13.2 Å². The molecule has 0 heterocycles. The number of hydrogen-bond donors (Lipinski definition) is 0. The molecule has 2 aromatic carbocycles. The van der Waals surface area contributed by atoms with Crippen molar-refractivity contribution in [2.24, 2.45) is 5.41 Å². The van der Waals surface area contributed by atoms with Gasteiger partial charge in [-0.2, -0.15) is 0 Å². The van der Waals surface area contributed by atoms with Crippen LogP contribution in [0.3, 0.4) is 0 Å². The number of carbonyl (C=O) groups excluding carboxylic acids is 2. The number of esters is 2. The van der Waals surface area contributed by atoms with Crippen molar-refractivity contribution in [1.29, 1.82) is 0 Å². The van der Waals surface area contributed by atoms with Gasteiger partial charge in [0.25, 0.3) is 0 Å². The van der Waals surface area contributed by atoms with Crippen LogP contribution in [-0.2, 0) is 9.59 Å². The Morgan fingerprint density at radius 1 is 0.871 bits per heavy atom. The summed E-state index contributed by atoms with van der Waals surface area (Å²) < 4.78 is 23.3. The minimum atomic E-state index is -0.702. The second-order valence-corrected chi connectivity index (χ2v) is 8.16. The van der Waals surface area contributed by atoms with Crippen molar-refractivity contribution < 1.29 is 28.5 Å². The molecule has 0 N–H and O–H groups in total. The topological polar surface area (TPSA) is 71.1 Å². The zero-order valence-corrected chi connectivity index (χ0v) is 19.9. The van der Waals surface area contributed by atoms with Crippen LogP contribution in [0.1, 0.15) is 60.8 Å². The Morgan fingerprint density at radius 3 is 1.97 bits per heavy atom. The third-order valence-corrected chi connectivity index (χ3v) is 5.20. The van der Waals surface area contributed by atoms with Crippen molar-refractivity contribution in [3.63, 3.8) is 0 Å². The summed E-state index contributed by atoms with van der Waals surface area (Å²) in [6.07, 6.45) is 1.50. The van der Waals surface area contributed by atoms with Crippen LogP contribution in [-0.4, -0.2) is 25.2 Å². The molecule has 0 saturated heterocycles. The molecule has 0 bridgehead atoms. The minimum Gasteiger partial charge on any atom is -0.487 e. The Balaban J connectivity index is 2.84. The maximum absolute atomic E-state index is 12.9. The van der Waals surface area contributed by atoms with Crippen LogP contribution in [0.25, 0.3) is 10.8 Å². The molecule has 0 atom stereocenters. The molecule has 2 rings (SSSR count). The van der Waals surface area contributed by atoms with Gasteiger partial charge in [0, 0.05) is 22.2 Å². The predicted octanol–water partition coefficient (Wildman–Crippen LogP) is 6.34. The largest absolute Gasteiger partial charge is 0.487 e. The number of rotatable bonds is 10. The summed E-state index contributed by atoms with van der Waals surface area (Å²) in [7, 11) is 0. The van der Waals surface area contributed by atoms with Gasteiger partial charge < -0.3 is 18.9 Å².